The van der Waals surface area contributed by atoms with E-state index >= 15 is 0 Å². The normalized spacial score (nSPS) is 10.2. The molecule has 0 bridgehead atoms. The van der Waals surface area contributed by atoms with Crippen molar-refractivity contribution >= 4 is 9.47 Å². The Labute approximate surface area is 112 Å². The van der Waals surface area contributed by atoms with Crippen LogP contribution in [0.25, 0.3) is 0 Å². The van der Waals surface area contributed by atoms with Gasteiger partial charge in [-0.1, -0.05) is 32.8 Å². The zero-order valence-electron chi connectivity index (χ0n) is 11.3. The first-order valence-electron chi connectivity index (χ1n) is 6.58. The van der Waals surface area contributed by atoms with Crippen LogP contribution in [0.5, 0.6) is 17.2 Å². The van der Waals surface area contributed by atoms with Crippen LogP contribution in [-0.2, 0) is 0 Å². The maximum absolute atomic E-state index is 5.77. The fourth-order valence-electron chi connectivity index (χ4n) is 1.49. The summed E-state index contributed by atoms with van der Waals surface area (Å²) in [6.07, 6.45) is 4.29. The maximum atomic E-state index is 5.77. The smallest absolute Gasteiger partial charge is 0.203 e. The van der Waals surface area contributed by atoms with Crippen LogP contribution >= 0.6 is 9.47 Å². The highest BCUT2D eigenvalue weighted by molar-refractivity contribution is 7.10. The van der Waals surface area contributed by atoms with E-state index in [1.54, 1.807) is 0 Å². The number of unbranched alkanes of at least 4 members (excludes halogenated alkanes) is 2. The molecule has 0 aliphatic carbocycles. The van der Waals surface area contributed by atoms with E-state index in [-0.39, 0.29) is 0 Å². The van der Waals surface area contributed by atoms with Gasteiger partial charge in [-0.05, 0) is 25.0 Å². The molecule has 0 amide bonds. The van der Waals surface area contributed by atoms with Crippen LogP contribution in [0.15, 0.2) is 18.2 Å². The van der Waals surface area contributed by atoms with Crippen molar-refractivity contribution < 1.29 is 14.0 Å². The van der Waals surface area contributed by atoms with E-state index < -0.39 is 0 Å². The Balaban J connectivity index is 2.72. The summed E-state index contributed by atoms with van der Waals surface area (Å²) in [4.78, 5) is 0. The molecule has 0 aliphatic rings. The van der Waals surface area contributed by atoms with Crippen LogP contribution in [0, 0.1) is 0 Å². The minimum Gasteiger partial charge on any atom is -0.490 e. The fourth-order valence-corrected chi connectivity index (χ4v) is 1.68. The molecule has 1 unspecified atom stereocenters. The number of ether oxygens (including phenoxy) is 2. The molecule has 0 spiro atoms. The molecule has 18 heavy (non-hydrogen) atoms. The monoisotopic (exact) mass is 270 g/mol. The van der Waals surface area contributed by atoms with Crippen molar-refractivity contribution in [1.82, 2.24) is 0 Å². The Hall–Kier alpha value is -0.950. The van der Waals surface area contributed by atoms with Gasteiger partial charge in [-0.25, -0.2) is 0 Å². The Bertz CT molecular complexity index is 342. The highest BCUT2D eigenvalue weighted by Gasteiger charge is 2.11. The van der Waals surface area contributed by atoms with Gasteiger partial charge < -0.3 is 14.0 Å². The van der Waals surface area contributed by atoms with Crippen molar-refractivity contribution in [3.8, 4) is 17.2 Å². The average molecular weight is 270 g/mol. The van der Waals surface area contributed by atoms with E-state index in [2.05, 4.69) is 23.3 Å². The summed E-state index contributed by atoms with van der Waals surface area (Å²) in [6.45, 7) is 5.68. The summed E-state index contributed by atoms with van der Waals surface area (Å²) in [5.41, 5.74) is 0. The zero-order valence-corrected chi connectivity index (χ0v) is 12.4. The molecule has 0 heterocycles. The lowest BCUT2D eigenvalue weighted by molar-refractivity contribution is 0.257. The molecule has 0 aromatic heterocycles. The van der Waals surface area contributed by atoms with Gasteiger partial charge in [-0.2, -0.15) is 0 Å². The second-order valence-electron chi connectivity index (χ2n) is 4.11. The number of para-hydroxylation sites is 1. The topological polar surface area (TPSA) is 27.7 Å². The lowest BCUT2D eigenvalue weighted by atomic mass is 10.3. The maximum Gasteiger partial charge on any atom is 0.203 e. The molecular formula is C14H23O3P. The lowest BCUT2D eigenvalue weighted by Crippen LogP contribution is -2.03. The molecule has 0 fully saturated rings. The first kappa shape index (κ1) is 15.1. The van der Waals surface area contributed by atoms with E-state index in [1.807, 2.05) is 18.2 Å². The predicted molar refractivity (Wildman–Crippen MR) is 77.6 cm³/mol. The molecule has 1 aromatic rings. The molecule has 1 rings (SSSR count). The van der Waals surface area contributed by atoms with Gasteiger partial charge in [0.1, 0.15) is 0 Å². The lowest BCUT2D eigenvalue weighted by Gasteiger charge is -2.15. The van der Waals surface area contributed by atoms with Gasteiger partial charge >= 0.3 is 0 Å². The average Bonchev–Trinajstić information content (AvgIpc) is 2.40. The van der Waals surface area contributed by atoms with Gasteiger partial charge in [-0.15, -0.1) is 0 Å². The summed E-state index contributed by atoms with van der Waals surface area (Å²) >= 11 is 0. The van der Waals surface area contributed by atoms with Crippen LogP contribution in [-0.4, -0.2) is 13.2 Å². The van der Waals surface area contributed by atoms with E-state index in [1.165, 1.54) is 0 Å². The van der Waals surface area contributed by atoms with Gasteiger partial charge in [0.2, 0.25) is 5.75 Å². The summed E-state index contributed by atoms with van der Waals surface area (Å²) in [6, 6.07) is 5.71. The van der Waals surface area contributed by atoms with Gasteiger partial charge in [0.05, 0.1) is 22.7 Å². The zero-order chi connectivity index (χ0) is 13.2. The fraction of sp³-hybridized carbons (Fsp3) is 0.571. The molecule has 4 heteroatoms. The predicted octanol–water partition coefficient (Wildman–Crippen LogP) is 4.21. The van der Waals surface area contributed by atoms with Crippen molar-refractivity contribution in [2.24, 2.45) is 0 Å². The molecule has 0 N–H and O–H groups in total. The largest absolute Gasteiger partial charge is 0.490 e. The highest BCUT2D eigenvalue weighted by Crippen LogP contribution is 2.38. The number of hydrogen-bond acceptors (Lipinski definition) is 3. The highest BCUT2D eigenvalue weighted by atomic mass is 31.0. The quantitative estimate of drug-likeness (QED) is 0.497. The molecule has 1 aromatic carbocycles. The Morgan fingerprint density at radius 2 is 1.56 bits per heavy atom. The second kappa shape index (κ2) is 9.04. The van der Waals surface area contributed by atoms with Gasteiger partial charge in [0.15, 0.2) is 11.5 Å². The Kier molecular flexibility index (Phi) is 7.59. The van der Waals surface area contributed by atoms with E-state index in [0.717, 1.165) is 31.4 Å². The molecule has 3 nitrogen and oxygen atoms in total. The van der Waals surface area contributed by atoms with Gasteiger partial charge in [0, 0.05) is 0 Å². The van der Waals surface area contributed by atoms with Gasteiger partial charge in [0.25, 0.3) is 0 Å². The van der Waals surface area contributed by atoms with Crippen LogP contribution in [0.4, 0.5) is 0 Å². The van der Waals surface area contributed by atoms with Crippen molar-refractivity contribution in [1.29, 1.82) is 0 Å². The van der Waals surface area contributed by atoms with E-state index in [4.69, 9.17) is 14.0 Å². The Morgan fingerprint density at radius 1 is 0.944 bits per heavy atom. The minimum atomic E-state index is 0.686. The molecule has 0 saturated carbocycles. The number of hydrogen-bond donors (Lipinski definition) is 0. The minimum absolute atomic E-state index is 0.686. The van der Waals surface area contributed by atoms with Crippen LogP contribution < -0.4 is 14.0 Å². The van der Waals surface area contributed by atoms with E-state index in [9.17, 15) is 0 Å². The van der Waals surface area contributed by atoms with Crippen molar-refractivity contribution in [3.05, 3.63) is 18.2 Å². The summed E-state index contributed by atoms with van der Waals surface area (Å²) in [5.74, 6) is 2.17. The standard InChI is InChI=1S/C14H23O3P/c1-3-5-10-15-12-8-7-9-13(17-18)14(12)16-11-6-4-2/h7-9H,3-6,10-11,18H2,1-2H3. The third-order valence-corrected chi connectivity index (χ3v) is 2.82. The van der Waals surface area contributed by atoms with Gasteiger partial charge in [-0.3, -0.25) is 0 Å². The third-order valence-electron chi connectivity index (χ3n) is 2.57. The number of rotatable bonds is 9. The molecular weight excluding hydrogens is 247 g/mol. The SMILES string of the molecule is CCCCOc1cccc(OP)c1OCCCC. The molecule has 1 atom stereocenters. The summed E-state index contributed by atoms with van der Waals surface area (Å²) < 4.78 is 16.7. The molecule has 0 saturated heterocycles. The molecule has 0 radical (unpaired) electrons. The first-order chi connectivity index (χ1) is 8.83. The van der Waals surface area contributed by atoms with Crippen LogP contribution in [0.1, 0.15) is 39.5 Å². The van der Waals surface area contributed by atoms with Crippen LogP contribution in [0.2, 0.25) is 0 Å². The second-order valence-corrected chi connectivity index (χ2v) is 4.34. The Morgan fingerprint density at radius 3 is 2.17 bits per heavy atom. The van der Waals surface area contributed by atoms with E-state index in [0.29, 0.717) is 24.7 Å². The third kappa shape index (κ3) is 4.73. The molecule has 0 aliphatic heterocycles. The van der Waals surface area contributed by atoms with Crippen molar-refractivity contribution in [3.63, 3.8) is 0 Å². The molecule has 102 valence electrons. The first-order valence-corrected chi connectivity index (χ1v) is 7.06. The van der Waals surface area contributed by atoms with Crippen molar-refractivity contribution in [2.45, 2.75) is 39.5 Å². The summed E-state index contributed by atoms with van der Waals surface area (Å²) in [5, 5.41) is 0. The van der Waals surface area contributed by atoms with Crippen LogP contribution in [0.3, 0.4) is 0 Å². The summed E-state index contributed by atoms with van der Waals surface area (Å²) in [7, 11) is 2.25. The van der Waals surface area contributed by atoms with Crippen molar-refractivity contribution in [2.75, 3.05) is 13.2 Å². The number of benzene rings is 1.